The van der Waals surface area contributed by atoms with Gasteiger partial charge in [0.25, 0.3) is 5.91 Å². The van der Waals surface area contributed by atoms with Gasteiger partial charge in [-0.05, 0) is 45.6 Å². The number of aliphatic hydroxyl groups is 1. The van der Waals surface area contributed by atoms with Gasteiger partial charge < -0.3 is 14.6 Å². The average molecular weight is 304 g/mol. The molecule has 1 saturated heterocycles. The van der Waals surface area contributed by atoms with Gasteiger partial charge in [0.15, 0.2) is 0 Å². The van der Waals surface area contributed by atoms with E-state index in [0.717, 1.165) is 30.6 Å². The first-order valence-electron chi connectivity index (χ1n) is 8.73. The van der Waals surface area contributed by atoms with E-state index in [2.05, 4.69) is 18.4 Å². The molecule has 122 valence electrons. The summed E-state index contributed by atoms with van der Waals surface area (Å²) in [5.41, 5.74) is 3.14. The van der Waals surface area contributed by atoms with Crippen molar-refractivity contribution < 1.29 is 9.90 Å². The Morgan fingerprint density at radius 3 is 2.55 bits per heavy atom. The van der Waals surface area contributed by atoms with Gasteiger partial charge in [0, 0.05) is 30.5 Å². The van der Waals surface area contributed by atoms with Gasteiger partial charge in [0.1, 0.15) is 0 Å². The van der Waals surface area contributed by atoms with E-state index in [-0.39, 0.29) is 12.0 Å². The minimum absolute atomic E-state index is 0.0916. The van der Waals surface area contributed by atoms with E-state index in [1.165, 1.54) is 37.8 Å². The fourth-order valence-electron chi connectivity index (χ4n) is 4.20. The lowest BCUT2D eigenvalue weighted by molar-refractivity contribution is 0.0473. The molecule has 0 bridgehead atoms. The van der Waals surface area contributed by atoms with Crippen LogP contribution in [0.25, 0.3) is 0 Å². The van der Waals surface area contributed by atoms with Crippen LogP contribution in [0.2, 0.25) is 0 Å². The third-order valence-electron chi connectivity index (χ3n) is 5.34. The Hall–Kier alpha value is -1.29. The van der Waals surface area contributed by atoms with Crippen molar-refractivity contribution in [2.75, 3.05) is 13.1 Å². The maximum Gasteiger partial charge on any atom is 0.255 e. The maximum atomic E-state index is 12.8. The number of hydrogen-bond donors (Lipinski definition) is 1. The molecule has 4 nitrogen and oxygen atoms in total. The zero-order chi connectivity index (χ0) is 15.7. The second-order valence-electron chi connectivity index (χ2n) is 6.99. The van der Waals surface area contributed by atoms with Gasteiger partial charge in [0.2, 0.25) is 0 Å². The first-order valence-corrected chi connectivity index (χ1v) is 8.73. The molecule has 1 amide bonds. The standard InChI is InChI=1S/C18H28N2O2/c1-13-11-17(18(22)19-10-6-9-16(21)12-19)14(2)20(13)15-7-4-3-5-8-15/h11,15-16,21H,3-10,12H2,1-2H3. The number of piperidine rings is 1. The van der Waals surface area contributed by atoms with Crippen LogP contribution in [0, 0.1) is 13.8 Å². The Morgan fingerprint density at radius 2 is 1.86 bits per heavy atom. The van der Waals surface area contributed by atoms with E-state index < -0.39 is 0 Å². The number of hydrogen-bond acceptors (Lipinski definition) is 2. The SMILES string of the molecule is Cc1cc(C(=O)N2CCCC(O)C2)c(C)n1C1CCCCC1. The number of carbonyl (C=O) groups is 1. The Kier molecular flexibility index (Phi) is 4.57. The van der Waals surface area contributed by atoms with Crippen LogP contribution in [0.5, 0.6) is 0 Å². The number of aryl methyl sites for hydroxylation is 1. The highest BCUT2D eigenvalue weighted by atomic mass is 16.3. The zero-order valence-electron chi connectivity index (χ0n) is 13.8. The van der Waals surface area contributed by atoms with E-state index >= 15 is 0 Å². The molecule has 1 aromatic heterocycles. The second kappa shape index (κ2) is 6.45. The van der Waals surface area contributed by atoms with Crippen LogP contribution in [0.3, 0.4) is 0 Å². The lowest BCUT2D eigenvalue weighted by atomic mass is 9.95. The monoisotopic (exact) mass is 304 g/mol. The number of amides is 1. The van der Waals surface area contributed by atoms with E-state index in [0.29, 0.717) is 12.6 Å². The van der Waals surface area contributed by atoms with Crippen molar-refractivity contribution in [1.82, 2.24) is 9.47 Å². The molecule has 3 rings (SSSR count). The molecule has 2 aliphatic rings. The summed E-state index contributed by atoms with van der Waals surface area (Å²) in [5.74, 6) is 0.0916. The molecule has 1 aromatic rings. The van der Waals surface area contributed by atoms with Crippen molar-refractivity contribution in [2.24, 2.45) is 0 Å². The number of carbonyl (C=O) groups excluding carboxylic acids is 1. The molecule has 1 saturated carbocycles. The van der Waals surface area contributed by atoms with Gasteiger partial charge >= 0.3 is 0 Å². The smallest absolute Gasteiger partial charge is 0.255 e. The van der Waals surface area contributed by atoms with Crippen LogP contribution in [0.4, 0.5) is 0 Å². The average Bonchev–Trinajstić information content (AvgIpc) is 2.82. The van der Waals surface area contributed by atoms with Crippen molar-refractivity contribution in [1.29, 1.82) is 0 Å². The molecule has 1 unspecified atom stereocenters. The van der Waals surface area contributed by atoms with Crippen LogP contribution in [0.1, 0.15) is 72.7 Å². The minimum atomic E-state index is -0.362. The molecular formula is C18H28N2O2. The molecule has 2 heterocycles. The fourth-order valence-corrected chi connectivity index (χ4v) is 4.20. The number of aliphatic hydroxyl groups excluding tert-OH is 1. The van der Waals surface area contributed by atoms with E-state index in [1.54, 1.807) is 0 Å². The quantitative estimate of drug-likeness (QED) is 0.912. The number of aromatic nitrogens is 1. The molecular weight excluding hydrogens is 276 g/mol. The predicted molar refractivity (Wildman–Crippen MR) is 87.2 cm³/mol. The van der Waals surface area contributed by atoms with Crippen LogP contribution >= 0.6 is 0 Å². The van der Waals surface area contributed by atoms with Gasteiger partial charge in [-0.2, -0.15) is 0 Å². The summed E-state index contributed by atoms with van der Waals surface area (Å²) >= 11 is 0. The molecule has 2 fully saturated rings. The number of likely N-dealkylation sites (tertiary alicyclic amines) is 1. The highest BCUT2D eigenvalue weighted by molar-refractivity contribution is 5.95. The van der Waals surface area contributed by atoms with E-state index in [4.69, 9.17) is 0 Å². The third kappa shape index (κ3) is 2.94. The molecule has 22 heavy (non-hydrogen) atoms. The van der Waals surface area contributed by atoms with Crippen LogP contribution in [-0.2, 0) is 0 Å². The first-order chi connectivity index (χ1) is 10.6. The lowest BCUT2D eigenvalue weighted by Gasteiger charge is -2.30. The van der Waals surface area contributed by atoms with Crippen molar-refractivity contribution in [3.05, 3.63) is 23.0 Å². The van der Waals surface area contributed by atoms with Crippen molar-refractivity contribution in [2.45, 2.75) is 70.9 Å². The molecule has 0 radical (unpaired) electrons. The normalized spacial score (nSPS) is 23.8. The number of β-amino-alcohol motifs (C(OH)–C–C–N with tert-alkyl or cyclic N) is 1. The molecule has 1 atom stereocenters. The Balaban J connectivity index is 1.83. The zero-order valence-corrected chi connectivity index (χ0v) is 13.8. The summed E-state index contributed by atoms with van der Waals surface area (Å²) in [7, 11) is 0. The predicted octanol–water partition coefficient (Wildman–Crippen LogP) is 3.21. The van der Waals surface area contributed by atoms with Gasteiger partial charge in [-0.1, -0.05) is 19.3 Å². The van der Waals surface area contributed by atoms with E-state index in [1.807, 2.05) is 11.0 Å². The van der Waals surface area contributed by atoms with Crippen molar-refractivity contribution >= 4 is 5.91 Å². The summed E-state index contributed by atoms with van der Waals surface area (Å²) in [6, 6.07) is 2.61. The Labute approximate surface area is 133 Å². The number of rotatable bonds is 2. The van der Waals surface area contributed by atoms with Gasteiger partial charge in [-0.15, -0.1) is 0 Å². The molecule has 1 N–H and O–H groups in total. The minimum Gasteiger partial charge on any atom is -0.391 e. The molecule has 1 aliphatic heterocycles. The summed E-state index contributed by atoms with van der Waals surface area (Å²) in [4.78, 5) is 14.6. The number of nitrogens with zero attached hydrogens (tertiary/aromatic N) is 2. The lowest BCUT2D eigenvalue weighted by Crippen LogP contribution is -2.42. The topological polar surface area (TPSA) is 45.5 Å². The first kappa shape index (κ1) is 15.6. The summed E-state index contributed by atoms with van der Waals surface area (Å²) in [6.45, 7) is 5.44. The summed E-state index contributed by atoms with van der Waals surface area (Å²) in [5, 5.41) is 9.81. The van der Waals surface area contributed by atoms with Crippen molar-refractivity contribution in [3.63, 3.8) is 0 Å². The van der Waals surface area contributed by atoms with Gasteiger partial charge in [0.05, 0.1) is 11.7 Å². The molecule has 4 heteroatoms. The van der Waals surface area contributed by atoms with Gasteiger partial charge in [-0.25, -0.2) is 0 Å². The van der Waals surface area contributed by atoms with Crippen LogP contribution in [0.15, 0.2) is 6.07 Å². The van der Waals surface area contributed by atoms with Gasteiger partial charge in [-0.3, -0.25) is 4.79 Å². The molecule has 1 aliphatic carbocycles. The molecule has 0 aromatic carbocycles. The Bertz CT molecular complexity index is 544. The van der Waals surface area contributed by atoms with Crippen LogP contribution in [-0.4, -0.2) is 39.7 Å². The summed E-state index contributed by atoms with van der Waals surface area (Å²) in [6.07, 6.45) is 7.73. The van der Waals surface area contributed by atoms with Crippen molar-refractivity contribution in [3.8, 4) is 0 Å². The van der Waals surface area contributed by atoms with E-state index in [9.17, 15) is 9.90 Å². The third-order valence-corrected chi connectivity index (χ3v) is 5.34. The maximum absolute atomic E-state index is 12.8. The van der Waals surface area contributed by atoms with Crippen LogP contribution < -0.4 is 0 Å². The molecule has 0 spiro atoms. The fraction of sp³-hybridized carbons (Fsp3) is 0.722. The highest BCUT2D eigenvalue weighted by Gasteiger charge is 2.27. The Morgan fingerprint density at radius 1 is 1.14 bits per heavy atom. The second-order valence-corrected chi connectivity index (χ2v) is 6.99. The largest absolute Gasteiger partial charge is 0.391 e. The summed E-state index contributed by atoms with van der Waals surface area (Å²) < 4.78 is 2.38. The highest BCUT2D eigenvalue weighted by Crippen LogP contribution is 2.32.